The molecule has 0 radical (unpaired) electrons. The van der Waals surface area contributed by atoms with Crippen molar-refractivity contribution in [3.63, 3.8) is 0 Å². The van der Waals surface area contributed by atoms with Gasteiger partial charge in [0.2, 0.25) is 5.91 Å². The molecule has 0 aliphatic carbocycles. The molecule has 1 aromatic rings. The smallest absolute Gasteiger partial charge is 0.337 e. The summed E-state index contributed by atoms with van der Waals surface area (Å²) in [6, 6.07) is 4.66. The van der Waals surface area contributed by atoms with Gasteiger partial charge in [-0.2, -0.15) is 0 Å². The molecule has 104 valence electrons. The van der Waals surface area contributed by atoms with Crippen molar-refractivity contribution in [2.75, 3.05) is 5.32 Å². The number of carboxylic acids is 1. The molecular weight excluding hydrogens is 359 g/mol. The predicted molar refractivity (Wildman–Crippen MR) is 82.2 cm³/mol. The van der Waals surface area contributed by atoms with Crippen LogP contribution in [-0.4, -0.2) is 23.0 Å². The zero-order valence-corrected chi connectivity index (χ0v) is 12.8. The number of hydrogen-bond donors (Lipinski definition) is 3. The quantitative estimate of drug-likeness (QED) is 0.665. The Labute approximate surface area is 125 Å². The van der Waals surface area contributed by atoms with Gasteiger partial charge in [0.25, 0.3) is 0 Å². The molecule has 19 heavy (non-hydrogen) atoms. The molecule has 0 aromatic heterocycles. The number of aromatic carboxylic acids is 1. The van der Waals surface area contributed by atoms with Crippen LogP contribution in [0.15, 0.2) is 18.2 Å². The van der Waals surface area contributed by atoms with E-state index in [1.807, 2.05) is 29.5 Å². The van der Waals surface area contributed by atoms with Crippen molar-refractivity contribution < 1.29 is 14.7 Å². The van der Waals surface area contributed by atoms with Crippen LogP contribution in [-0.2, 0) is 4.79 Å². The molecule has 0 bridgehead atoms. The van der Waals surface area contributed by atoms with Gasteiger partial charge in [-0.15, -0.1) is 0 Å². The van der Waals surface area contributed by atoms with E-state index < -0.39 is 5.97 Å². The first-order valence-electron chi connectivity index (χ1n) is 6.02. The van der Waals surface area contributed by atoms with Crippen LogP contribution in [0.1, 0.15) is 36.5 Å². The summed E-state index contributed by atoms with van der Waals surface area (Å²) < 4.78 is 0.802. The van der Waals surface area contributed by atoms with Crippen LogP contribution < -0.4 is 11.1 Å². The Morgan fingerprint density at radius 3 is 2.74 bits per heavy atom. The average molecular weight is 376 g/mol. The van der Waals surface area contributed by atoms with E-state index in [1.165, 1.54) is 6.07 Å². The number of benzene rings is 1. The van der Waals surface area contributed by atoms with E-state index in [2.05, 4.69) is 5.32 Å². The molecular formula is C13H17IN2O3. The van der Waals surface area contributed by atoms with Crippen molar-refractivity contribution in [2.24, 2.45) is 5.73 Å². The summed E-state index contributed by atoms with van der Waals surface area (Å²) in [7, 11) is 0. The molecule has 0 saturated carbocycles. The van der Waals surface area contributed by atoms with E-state index >= 15 is 0 Å². The standard InChI is InChI=1S/C13H17IN2O3/c1-2-3-9(15)7-12(17)16-11-5-4-8(14)6-10(11)13(18)19/h4-6,9H,2-3,7,15H2,1H3,(H,16,17)(H,18,19). The highest BCUT2D eigenvalue weighted by Gasteiger charge is 2.14. The lowest BCUT2D eigenvalue weighted by molar-refractivity contribution is -0.116. The van der Waals surface area contributed by atoms with Crippen molar-refractivity contribution in [3.05, 3.63) is 27.3 Å². The van der Waals surface area contributed by atoms with Crippen LogP contribution in [0.2, 0.25) is 0 Å². The lowest BCUT2D eigenvalue weighted by Gasteiger charge is -2.12. The maximum Gasteiger partial charge on any atom is 0.337 e. The number of rotatable bonds is 6. The van der Waals surface area contributed by atoms with Crippen molar-refractivity contribution in [2.45, 2.75) is 32.2 Å². The van der Waals surface area contributed by atoms with Crippen LogP contribution >= 0.6 is 22.6 Å². The van der Waals surface area contributed by atoms with E-state index in [9.17, 15) is 9.59 Å². The molecule has 4 N–H and O–H groups in total. The molecule has 1 amide bonds. The van der Waals surface area contributed by atoms with E-state index in [4.69, 9.17) is 10.8 Å². The number of nitrogens with one attached hydrogen (secondary N) is 1. The number of nitrogens with two attached hydrogens (primary N) is 1. The van der Waals surface area contributed by atoms with Gasteiger partial charge in [0, 0.05) is 16.0 Å². The Kier molecular flexibility index (Phi) is 6.23. The summed E-state index contributed by atoms with van der Waals surface area (Å²) in [5, 5.41) is 11.7. The van der Waals surface area contributed by atoms with Gasteiger partial charge in [-0.1, -0.05) is 13.3 Å². The molecule has 1 aromatic carbocycles. The van der Waals surface area contributed by atoms with Crippen LogP contribution in [0.3, 0.4) is 0 Å². The third kappa shape index (κ3) is 5.15. The van der Waals surface area contributed by atoms with Crippen molar-refractivity contribution in [1.82, 2.24) is 0 Å². The van der Waals surface area contributed by atoms with Crippen molar-refractivity contribution >= 4 is 40.2 Å². The minimum absolute atomic E-state index is 0.0873. The molecule has 1 unspecified atom stereocenters. The second-order valence-electron chi connectivity index (χ2n) is 4.30. The number of halogens is 1. The molecule has 1 atom stereocenters. The van der Waals surface area contributed by atoms with Gasteiger partial charge < -0.3 is 16.2 Å². The van der Waals surface area contributed by atoms with Gasteiger partial charge in [0.15, 0.2) is 0 Å². The van der Waals surface area contributed by atoms with Gasteiger partial charge >= 0.3 is 5.97 Å². The SMILES string of the molecule is CCCC(N)CC(=O)Nc1ccc(I)cc1C(=O)O. The molecule has 6 heteroatoms. The summed E-state index contributed by atoms with van der Waals surface area (Å²) in [4.78, 5) is 22.9. The normalized spacial score (nSPS) is 11.9. The van der Waals surface area contributed by atoms with Crippen LogP contribution in [0.4, 0.5) is 5.69 Å². The summed E-state index contributed by atoms with van der Waals surface area (Å²) in [5.74, 6) is -1.32. The summed E-state index contributed by atoms with van der Waals surface area (Å²) in [6.07, 6.45) is 1.88. The monoisotopic (exact) mass is 376 g/mol. The first kappa shape index (κ1) is 15.9. The maximum absolute atomic E-state index is 11.8. The van der Waals surface area contributed by atoms with Gasteiger partial charge in [0.05, 0.1) is 11.3 Å². The van der Waals surface area contributed by atoms with Gasteiger partial charge in [0.1, 0.15) is 0 Å². The fraction of sp³-hybridized carbons (Fsp3) is 0.385. The molecule has 0 saturated heterocycles. The minimum atomic E-state index is -1.06. The Morgan fingerprint density at radius 2 is 2.16 bits per heavy atom. The second-order valence-corrected chi connectivity index (χ2v) is 5.54. The van der Waals surface area contributed by atoms with Gasteiger partial charge in [-0.25, -0.2) is 4.79 Å². The lowest BCUT2D eigenvalue weighted by Crippen LogP contribution is -2.27. The zero-order chi connectivity index (χ0) is 14.4. The number of carbonyl (C=O) groups excluding carboxylic acids is 1. The second kappa shape index (κ2) is 7.44. The Morgan fingerprint density at radius 1 is 1.47 bits per heavy atom. The Hall–Kier alpha value is -1.15. The fourth-order valence-electron chi connectivity index (χ4n) is 1.71. The molecule has 0 heterocycles. The first-order valence-corrected chi connectivity index (χ1v) is 7.10. The molecule has 0 spiro atoms. The third-order valence-electron chi connectivity index (χ3n) is 2.59. The Balaban J connectivity index is 2.76. The molecule has 0 aliphatic rings. The minimum Gasteiger partial charge on any atom is -0.478 e. The number of anilines is 1. The van der Waals surface area contributed by atoms with E-state index in [1.54, 1.807) is 12.1 Å². The number of carboxylic acid groups (broad SMARTS) is 1. The van der Waals surface area contributed by atoms with E-state index in [0.29, 0.717) is 5.69 Å². The number of carbonyl (C=O) groups is 2. The highest BCUT2D eigenvalue weighted by atomic mass is 127. The highest BCUT2D eigenvalue weighted by molar-refractivity contribution is 14.1. The third-order valence-corrected chi connectivity index (χ3v) is 3.26. The number of hydrogen-bond acceptors (Lipinski definition) is 3. The highest BCUT2D eigenvalue weighted by Crippen LogP contribution is 2.19. The largest absolute Gasteiger partial charge is 0.478 e. The van der Waals surface area contributed by atoms with Crippen LogP contribution in [0, 0.1) is 3.57 Å². The summed E-state index contributed by atoms with van der Waals surface area (Å²) in [6.45, 7) is 2.00. The fourth-order valence-corrected chi connectivity index (χ4v) is 2.21. The van der Waals surface area contributed by atoms with Crippen LogP contribution in [0.5, 0.6) is 0 Å². The van der Waals surface area contributed by atoms with Gasteiger partial charge in [-0.3, -0.25) is 4.79 Å². The summed E-state index contributed by atoms with van der Waals surface area (Å²) in [5.41, 5.74) is 6.18. The zero-order valence-electron chi connectivity index (χ0n) is 10.6. The number of amides is 1. The molecule has 0 fully saturated rings. The maximum atomic E-state index is 11.8. The molecule has 1 rings (SSSR count). The first-order chi connectivity index (χ1) is 8.93. The van der Waals surface area contributed by atoms with Crippen LogP contribution in [0.25, 0.3) is 0 Å². The topological polar surface area (TPSA) is 92.4 Å². The van der Waals surface area contributed by atoms with Gasteiger partial charge in [-0.05, 0) is 47.2 Å². The van der Waals surface area contributed by atoms with Crippen molar-refractivity contribution in [1.29, 1.82) is 0 Å². The summed E-state index contributed by atoms with van der Waals surface area (Å²) >= 11 is 2.02. The molecule has 0 aliphatic heterocycles. The molecule has 5 nitrogen and oxygen atoms in total. The Bertz CT molecular complexity index is 477. The van der Waals surface area contributed by atoms with E-state index in [-0.39, 0.29) is 23.9 Å². The van der Waals surface area contributed by atoms with E-state index in [0.717, 1.165) is 16.4 Å². The lowest BCUT2D eigenvalue weighted by atomic mass is 10.1. The average Bonchev–Trinajstić information content (AvgIpc) is 2.31. The van der Waals surface area contributed by atoms with Crippen molar-refractivity contribution in [3.8, 4) is 0 Å². The predicted octanol–water partition coefficient (Wildman–Crippen LogP) is 2.45.